The Kier molecular flexibility index (Phi) is 5.41. The lowest BCUT2D eigenvalue weighted by atomic mass is 9.99. The smallest absolute Gasteiger partial charge is 0.185 e. The van der Waals surface area contributed by atoms with Crippen LogP contribution in [0, 0.1) is 11.3 Å². The summed E-state index contributed by atoms with van der Waals surface area (Å²) in [5.41, 5.74) is 10.8. The van der Waals surface area contributed by atoms with E-state index in [4.69, 9.17) is 16.9 Å². The Balaban J connectivity index is 3.61. The topological polar surface area (TPSA) is 108 Å². The Hall–Kier alpha value is -0.810. The van der Waals surface area contributed by atoms with Crippen LogP contribution in [0.3, 0.4) is 0 Å². The summed E-state index contributed by atoms with van der Waals surface area (Å²) in [7, 11) is 0. The summed E-state index contributed by atoms with van der Waals surface area (Å²) in [6.45, 7) is 4.31. The van der Waals surface area contributed by atoms with E-state index in [0.717, 1.165) is 0 Å². The van der Waals surface area contributed by atoms with E-state index in [9.17, 15) is 5.11 Å². The first-order chi connectivity index (χ1) is 5.93. The maximum Gasteiger partial charge on any atom is 0.185 e. The number of nitrogens with one attached hydrogen (secondary N) is 2. The van der Waals surface area contributed by atoms with E-state index in [1.165, 1.54) is 0 Å². The van der Waals surface area contributed by atoms with Crippen LogP contribution in [0.5, 0.6) is 0 Å². The van der Waals surface area contributed by atoms with Gasteiger partial charge in [-0.3, -0.25) is 5.41 Å². The zero-order valence-corrected chi connectivity index (χ0v) is 8.25. The Morgan fingerprint density at radius 3 is 2.46 bits per heavy atom. The van der Waals surface area contributed by atoms with Crippen molar-refractivity contribution in [2.75, 3.05) is 6.54 Å². The van der Waals surface area contributed by atoms with Crippen LogP contribution in [-0.2, 0) is 0 Å². The number of guanidine groups is 1. The lowest BCUT2D eigenvalue weighted by molar-refractivity contribution is 0.150. The predicted molar refractivity (Wildman–Crippen MR) is 53.4 cm³/mol. The van der Waals surface area contributed by atoms with Crippen molar-refractivity contribution in [2.24, 2.45) is 17.4 Å². The van der Waals surface area contributed by atoms with Gasteiger partial charge in [-0.15, -0.1) is 0 Å². The summed E-state index contributed by atoms with van der Waals surface area (Å²) >= 11 is 0. The summed E-state index contributed by atoms with van der Waals surface area (Å²) in [5.74, 6) is 0.226. The zero-order chi connectivity index (χ0) is 10.4. The highest BCUT2D eigenvalue weighted by atomic mass is 16.3. The molecule has 0 aliphatic heterocycles. The summed E-state index contributed by atoms with van der Waals surface area (Å²) in [5, 5.41) is 18.8. The van der Waals surface area contributed by atoms with Crippen LogP contribution >= 0.6 is 0 Å². The van der Waals surface area contributed by atoms with E-state index in [-0.39, 0.29) is 18.5 Å². The number of hydrogen-bond donors (Lipinski definition) is 5. The van der Waals surface area contributed by atoms with Gasteiger partial charge in [0.25, 0.3) is 0 Å². The molecule has 0 aromatic heterocycles. The van der Waals surface area contributed by atoms with Crippen molar-refractivity contribution < 1.29 is 5.11 Å². The molecule has 7 N–H and O–H groups in total. The van der Waals surface area contributed by atoms with Gasteiger partial charge in [0.05, 0.1) is 6.10 Å². The second kappa shape index (κ2) is 5.77. The SMILES string of the molecule is CC(C)C(N)CC(O)CNC(=N)N. The number of aliphatic hydroxyl groups excluding tert-OH is 1. The number of hydrogen-bond acceptors (Lipinski definition) is 3. The molecule has 0 aromatic carbocycles. The van der Waals surface area contributed by atoms with Gasteiger partial charge in [0.15, 0.2) is 5.96 Å². The van der Waals surface area contributed by atoms with Gasteiger partial charge in [-0.25, -0.2) is 0 Å². The number of nitrogens with two attached hydrogens (primary N) is 2. The molecular weight excluding hydrogens is 168 g/mol. The fourth-order valence-electron chi connectivity index (χ4n) is 0.897. The highest BCUT2D eigenvalue weighted by Crippen LogP contribution is 2.05. The molecule has 0 amide bonds. The molecule has 0 spiro atoms. The molecule has 0 aliphatic rings. The van der Waals surface area contributed by atoms with Crippen LogP contribution in [-0.4, -0.2) is 29.8 Å². The molecule has 78 valence electrons. The predicted octanol–water partition coefficient (Wildman–Crippen LogP) is -0.796. The second-order valence-electron chi connectivity index (χ2n) is 3.59. The average molecular weight is 188 g/mol. The molecule has 0 heterocycles. The molecule has 0 bridgehead atoms. The van der Waals surface area contributed by atoms with Crippen LogP contribution in [0.4, 0.5) is 0 Å². The first-order valence-corrected chi connectivity index (χ1v) is 4.45. The normalized spacial score (nSPS) is 15.5. The lowest BCUT2D eigenvalue weighted by Crippen LogP contribution is -2.40. The highest BCUT2D eigenvalue weighted by Gasteiger charge is 2.13. The van der Waals surface area contributed by atoms with Crippen molar-refractivity contribution >= 4 is 5.96 Å². The van der Waals surface area contributed by atoms with Gasteiger partial charge in [0.1, 0.15) is 0 Å². The molecule has 0 saturated heterocycles. The molecule has 0 rings (SSSR count). The summed E-state index contributed by atoms with van der Waals surface area (Å²) in [6, 6.07) is -0.0104. The van der Waals surface area contributed by atoms with Crippen LogP contribution in [0.2, 0.25) is 0 Å². The van der Waals surface area contributed by atoms with Gasteiger partial charge >= 0.3 is 0 Å². The first-order valence-electron chi connectivity index (χ1n) is 4.45. The Morgan fingerprint density at radius 1 is 1.54 bits per heavy atom. The zero-order valence-electron chi connectivity index (χ0n) is 8.25. The number of aliphatic hydroxyl groups is 1. The molecule has 5 nitrogen and oxygen atoms in total. The van der Waals surface area contributed by atoms with Gasteiger partial charge in [-0.05, 0) is 12.3 Å². The highest BCUT2D eigenvalue weighted by molar-refractivity contribution is 5.74. The maximum atomic E-state index is 9.42. The van der Waals surface area contributed by atoms with Crippen molar-refractivity contribution in [3.05, 3.63) is 0 Å². The minimum Gasteiger partial charge on any atom is -0.391 e. The second-order valence-corrected chi connectivity index (χ2v) is 3.59. The van der Waals surface area contributed by atoms with Crippen molar-refractivity contribution in [3.8, 4) is 0 Å². The van der Waals surface area contributed by atoms with Gasteiger partial charge < -0.3 is 21.9 Å². The Morgan fingerprint density at radius 2 is 2.08 bits per heavy atom. The summed E-state index contributed by atoms with van der Waals surface area (Å²) in [6.07, 6.45) is -0.0147. The Labute approximate surface area is 79.0 Å². The van der Waals surface area contributed by atoms with E-state index in [2.05, 4.69) is 5.32 Å². The van der Waals surface area contributed by atoms with Gasteiger partial charge in [0, 0.05) is 12.6 Å². The summed E-state index contributed by atoms with van der Waals surface area (Å²) < 4.78 is 0. The van der Waals surface area contributed by atoms with E-state index < -0.39 is 6.10 Å². The molecular formula is C8H20N4O. The van der Waals surface area contributed by atoms with Crippen molar-refractivity contribution in [1.29, 1.82) is 5.41 Å². The summed E-state index contributed by atoms with van der Waals surface area (Å²) in [4.78, 5) is 0. The third kappa shape index (κ3) is 6.36. The minimum atomic E-state index is -0.540. The van der Waals surface area contributed by atoms with Gasteiger partial charge in [-0.2, -0.15) is 0 Å². The fourth-order valence-corrected chi connectivity index (χ4v) is 0.897. The molecule has 0 aromatic rings. The quantitative estimate of drug-likeness (QED) is 0.287. The van der Waals surface area contributed by atoms with Crippen LogP contribution < -0.4 is 16.8 Å². The van der Waals surface area contributed by atoms with E-state index in [1.807, 2.05) is 13.8 Å². The standard InChI is InChI=1S/C8H20N4O/c1-5(2)7(9)3-6(13)4-12-8(10)11/h5-7,13H,3-4,9H2,1-2H3,(H4,10,11,12). The molecule has 0 aliphatic carbocycles. The van der Waals surface area contributed by atoms with Crippen LogP contribution in [0.15, 0.2) is 0 Å². The lowest BCUT2D eigenvalue weighted by Gasteiger charge is -2.19. The minimum absolute atomic E-state index is 0.0104. The Bertz CT molecular complexity index is 160. The molecule has 0 radical (unpaired) electrons. The van der Waals surface area contributed by atoms with Crippen LogP contribution in [0.25, 0.3) is 0 Å². The fraction of sp³-hybridized carbons (Fsp3) is 0.875. The molecule has 2 atom stereocenters. The molecule has 2 unspecified atom stereocenters. The largest absolute Gasteiger partial charge is 0.391 e. The average Bonchev–Trinajstić information content (AvgIpc) is 2.00. The van der Waals surface area contributed by atoms with E-state index >= 15 is 0 Å². The van der Waals surface area contributed by atoms with Gasteiger partial charge in [-0.1, -0.05) is 13.8 Å². The first kappa shape index (κ1) is 12.2. The number of rotatable bonds is 5. The van der Waals surface area contributed by atoms with Crippen molar-refractivity contribution in [3.63, 3.8) is 0 Å². The van der Waals surface area contributed by atoms with Crippen molar-refractivity contribution in [2.45, 2.75) is 32.4 Å². The van der Waals surface area contributed by atoms with Crippen molar-refractivity contribution in [1.82, 2.24) is 5.32 Å². The third-order valence-electron chi connectivity index (χ3n) is 1.93. The van der Waals surface area contributed by atoms with Crippen LogP contribution in [0.1, 0.15) is 20.3 Å². The maximum absolute atomic E-state index is 9.42. The van der Waals surface area contributed by atoms with E-state index in [0.29, 0.717) is 12.3 Å². The molecule has 0 saturated carbocycles. The van der Waals surface area contributed by atoms with E-state index in [1.54, 1.807) is 0 Å². The monoisotopic (exact) mass is 188 g/mol. The molecule has 13 heavy (non-hydrogen) atoms. The van der Waals surface area contributed by atoms with Gasteiger partial charge in [0.2, 0.25) is 0 Å². The molecule has 0 fully saturated rings. The third-order valence-corrected chi connectivity index (χ3v) is 1.93. The molecule has 5 heteroatoms.